The highest BCUT2D eigenvalue weighted by Gasteiger charge is 2.28. The van der Waals surface area contributed by atoms with Crippen LogP contribution in [-0.2, 0) is 0 Å². The smallest absolute Gasteiger partial charge is 0.225 e. The van der Waals surface area contributed by atoms with Crippen LogP contribution in [0.25, 0.3) is 16.9 Å². The Morgan fingerprint density at radius 1 is 1.39 bits per heavy atom. The standard InChI is InChI=1S/C18H23N9O/c1-21-8-11-7-13(4-5-14(11)19)27-17-15(25-26-27)9-22-18(24-17)23-12-3-2-10(6-12)16(20)28/h4-5,7-10,12,16,19,21,28H,2-3,6,20H2,1H3,(H,22,23,24)/b11-8-,19-14?/t10-,12-,16?/m1/s1. The predicted octanol–water partition coefficient (Wildman–Crippen LogP) is 0.613. The minimum Gasteiger partial charge on any atom is -0.393 e. The number of anilines is 1. The van der Waals surface area contributed by atoms with Crippen molar-refractivity contribution in [2.45, 2.75) is 31.5 Å². The molecule has 0 aliphatic heterocycles. The fourth-order valence-corrected chi connectivity index (χ4v) is 3.57. The number of hydrogen-bond acceptors (Lipinski definition) is 9. The van der Waals surface area contributed by atoms with Gasteiger partial charge in [-0.15, -0.1) is 5.10 Å². The number of nitrogens with one attached hydrogen (secondary N) is 3. The highest BCUT2D eigenvalue weighted by molar-refractivity contribution is 6.12. The van der Waals surface area contributed by atoms with E-state index in [1.807, 2.05) is 12.2 Å². The Morgan fingerprint density at radius 3 is 3.00 bits per heavy atom. The summed E-state index contributed by atoms with van der Waals surface area (Å²) >= 11 is 0. The second-order valence-corrected chi connectivity index (χ2v) is 7.01. The largest absolute Gasteiger partial charge is 0.393 e. The van der Waals surface area contributed by atoms with Gasteiger partial charge in [-0.1, -0.05) is 5.21 Å². The fraction of sp³-hybridized carbons (Fsp3) is 0.389. The molecular formula is C18H23N9O. The Kier molecular flexibility index (Phi) is 4.88. The summed E-state index contributed by atoms with van der Waals surface area (Å²) in [5, 5.41) is 32.2. The van der Waals surface area contributed by atoms with Crippen LogP contribution in [-0.4, -0.2) is 55.1 Å². The summed E-state index contributed by atoms with van der Waals surface area (Å²) < 4.78 is 1.63. The Labute approximate surface area is 161 Å². The third-order valence-electron chi connectivity index (χ3n) is 5.06. The van der Waals surface area contributed by atoms with Gasteiger partial charge in [-0.25, -0.2) is 4.98 Å². The van der Waals surface area contributed by atoms with E-state index in [4.69, 9.17) is 11.1 Å². The molecule has 0 spiro atoms. The molecule has 0 amide bonds. The monoisotopic (exact) mass is 381 g/mol. The highest BCUT2D eigenvalue weighted by Crippen LogP contribution is 2.29. The second-order valence-electron chi connectivity index (χ2n) is 7.01. The van der Waals surface area contributed by atoms with E-state index in [2.05, 4.69) is 30.9 Å². The summed E-state index contributed by atoms with van der Waals surface area (Å²) in [6, 6.07) is 0.171. The second kappa shape index (κ2) is 7.49. The zero-order chi connectivity index (χ0) is 19.7. The minimum absolute atomic E-state index is 0.0960. The van der Waals surface area contributed by atoms with E-state index >= 15 is 0 Å². The summed E-state index contributed by atoms with van der Waals surface area (Å²) in [5.74, 6) is 0.589. The first kappa shape index (κ1) is 18.3. The van der Waals surface area contributed by atoms with Crippen LogP contribution in [0.2, 0.25) is 0 Å². The molecule has 2 aliphatic carbocycles. The lowest BCUT2D eigenvalue weighted by Gasteiger charge is -2.15. The summed E-state index contributed by atoms with van der Waals surface area (Å²) in [6.07, 6.45) is 10.5. The van der Waals surface area contributed by atoms with Gasteiger partial charge >= 0.3 is 0 Å². The number of hydrogen-bond donors (Lipinski definition) is 5. The lowest BCUT2D eigenvalue weighted by Crippen LogP contribution is -2.29. The quantitative estimate of drug-likeness (QED) is 0.473. The molecule has 4 rings (SSSR count). The van der Waals surface area contributed by atoms with Gasteiger partial charge in [0, 0.05) is 30.8 Å². The number of rotatable bonds is 5. The maximum absolute atomic E-state index is 9.57. The molecule has 10 nitrogen and oxygen atoms in total. The Balaban J connectivity index is 1.61. The van der Waals surface area contributed by atoms with E-state index in [9.17, 15) is 5.11 Å². The van der Waals surface area contributed by atoms with Crippen LogP contribution in [0.3, 0.4) is 0 Å². The summed E-state index contributed by atoms with van der Waals surface area (Å²) in [7, 11) is 1.79. The van der Waals surface area contributed by atoms with Crippen LogP contribution in [0, 0.1) is 11.3 Å². The molecule has 28 heavy (non-hydrogen) atoms. The van der Waals surface area contributed by atoms with Crippen LogP contribution in [0.15, 0.2) is 36.2 Å². The number of nitrogens with two attached hydrogens (primary N) is 1. The minimum atomic E-state index is -0.788. The molecule has 146 valence electrons. The van der Waals surface area contributed by atoms with Crippen molar-refractivity contribution in [3.63, 3.8) is 0 Å². The van der Waals surface area contributed by atoms with Crippen molar-refractivity contribution in [1.29, 1.82) is 5.41 Å². The molecule has 10 heteroatoms. The molecule has 1 unspecified atom stereocenters. The van der Waals surface area contributed by atoms with Crippen molar-refractivity contribution in [2.24, 2.45) is 11.7 Å². The van der Waals surface area contributed by atoms with Gasteiger partial charge in [0.15, 0.2) is 11.2 Å². The van der Waals surface area contributed by atoms with E-state index in [0.717, 1.165) is 30.5 Å². The lowest BCUT2D eigenvalue weighted by atomic mass is 10.0. The van der Waals surface area contributed by atoms with Crippen molar-refractivity contribution < 1.29 is 5.11 Å². The first-order valence-electron chi connectivity index (χ1n) is 9.20. The molecule has 1 saturated carbocycles. The SMILES string of the molecule is CN/C=C1/C=C(n2nnc3cnc(N[C@@H]4CC[C@@H](C(N)O)C4)nc32)C=CC1=N. The third kappa shape index (κ3) is 3.51. The summed E-state index contributed by atoms with van der Waals surface area (Å²) in [4.78, 5) is 8.92. The summed E-state index contributed by atoms with van der Waals surface area (Å²) in [5.41, 5.74) is 8.68. The Hall–Kier alpha value is -3.11. The maximum atomic E-state index is 9.57. The van der Waals surface area contributed by atoms with Gasteiger partial charge in [0.25, 0.3) is 0 Å². The van der Waals surface area contributed by atoms with Crippen LogP contribution < -0.4 is 16.4 Å². The summed E-state index contributed by atoms with van der Waals surface area (Å²) in [6.45, 7) is 0. The van der Waals surface area contributed by atoms with Crippen molar-refractivity contribution in [3.05, 3.63) is 36.2 Å². The molecule has 2 aromatic heterocycles. The Bertz CT molecular complexity index is 988. The van der Waals surface area contributed by atoms with Gasteiger partial charge in [0.1, 0.15) is 6.23 Å². The molecule has 0 radical (unpaired) electrons. The van der Waals surface area contributed by atoms with E-state index in [1.54, 1.807) is 30.2 Å². The van der Waals surface area contributed by atoms with Crippen molar-refractivity contribution in [3.8, 4) is 0 Å². The number of aliphatic hydroxyl groups excluding tert-OH is 1. The molecule has 1 fully saturated rings. The molecule has 2 aliphatic rings. The zero-order valence-corrected chi connectivity index (χ0v) is 15.5. The highest BCUT2D eigenvalue weighted by atomic mass is 16.3. The molecule has 2 heterocycles. The van der Waals surface area contributed by atoms with Crippen LogP contribution in [0.1, 0.15) is 19.3 Å². The van der Waals surface area contributed by atoms with E-state index in [1.165, 1.54) is 0 Å². The predicted molar refractivity (Wildman–Crippen MR) is 106 cm³/mol. The number of aromatic nitrogens is 5. The van der Waals surface area contributed by atoms with Gasteiger partial charge in [-0.3, -0.25) is 0 Å². The number of aliphatic hydroxyl groups is 1. The zero-order valence-electron chi connectivity index (χ0n) is 15.5. The van der Waals surface area contributed by atoms with E-state index in [0.29, 0.717) is 22.8 Å². The molecular weight excluding hydrogens is 358 g/mol. The van der Waals surface area contributed by atoms with Crippen LogP contribution in [0.4, 0.5) is 5.95 Å². The van der Waals surface area contributed by atoms with Crippen LogP contribution >= 0.6 is 0 Å². The van der Waals surface area contributed by atoms with E-state index in [-0.39, 0.29) is 12.0 Å². The van der Waals surface area contributed by atoms with Crippen molar-refractivity contribution >= 4 is 28.5 Å². The van der Waals surface area contributed by atoms with Gasteiger partial charge in [-0.2, -0.15) is 9.67 Å². The topological polar surface area (TPSA) is 151 Å². The van der Waals surface area contributed by atoms with Gasteiger partial charge < -0.3 is 26.9 Å². The van der Waals surface area contributed by atoms with Gasteiger partial charge in [0.2, 0.25) is 5.95 Å². The average Bonchev–Trinajstić information content (AvgIpc) is 3.31. The molecule has 0 saturated heterocycles. The van der Waals surface area contributed by atoms with Crippen molar-refractivity contribution in [2.75, 3.05) is 12.4 Å². The molecule has 2 aromatic rings. The molecule has 6 N–H and O–H groups in total. The Morgan fingerprint density at radius 2 is 2.25 bits per heavy atom. The van der Waals surface area contributed by atoms with Crippen molar-refractivity contribution in [1.82, 2.24) is 30.3 Å². The normalized spacial score (nSPS) is 24.6. The molecule has 3 atom stereocenters. The number of allylic oxidation sites excluding steroid dienone is 5. The van der Waals surface area contributed by atoms with E-state index < -0.39 is 6.23 Å². The van der Waals surface area contributed by atoms with Gasteiger partial charge in [0.05, 0.1) is 17.6 Å². The lowest BCUT2D eigenvalue weighted by molar-refractivity contribution is 0.117. The number of fused-ring (bicyclic) bond motifs is 1. The average molecular weight is 381 g/mol. The van der Waals surface area contributed by atoms with Crippen LogP contribution in [0.5, 0.6) is 0 Å². The fourth-order valence-electron chi connectivity index (χ4n) is 3.57. The first-order chi connectivity index (χ1) is 13.5. The molecule has 0 bridgehead atoms. The molecule has 0 aromatic carbocycles. The third-order valence-corrected chi connectivity index (χ3v) is 5.06. The number of nitrogens with zero attached hydrogens (tertiary/aromatic N) is 5. The van der Waals surface area contributed by atoms with Gasteiger partial charge in [-0.05, 0) is 37.5 Å². The maximum Gasteiger partial charge on any atom is 0.225 e. The first-order valence-corrected chi connectivity index (χ1v) is 9.20.